The molecule has 0 amide bonds. The molecule has 1 nitrogen and oxygen atoms in total. The lowest BCUT2D eigenvalue weighted by atomic mass is 10.1. The van der Waals surface area contributed by atoms with E-state index in [4.69, 9.17) is 4.42 Å². The summed E-state index contributed by atoms with van der Waals surface area (Å²) < 4.78 is 5.40. The van der Waals surface area contributed by atoms with Gasteiger partial charge in [0, 0.05) is 5.56 Å². The molecule has 0 unspecified atom stereocenters. The second-order valence-corrected chi connectivity index (χ2v) is 2.80. The van der Waals surface area contributed by atoms with Gasteiger partial charge < -0.3 is 4.42 Å². The van der Waals surface area contributed by atoms with Crippen LogP contribution < -0.4 is 0 Å². The van der Waals surface area contributed by atoms with Crippen LogP contribution in [0.2, 0.25) is 0 Å². The number of hydrogen-bond acceptors (Lipinski definition) is 1. The van der Waals surface area contributed by atoms with Gasteiger partial charge in [-0.25, -0.2) is 0 Å². The van der Waals surface area contributed by atoms with Crippen molar-refractivity contribution in [2.75, 3.05) is 0 Å². The maximum atomic E-state index is 5.40. The Morgan fingerprint density at radius 1 is 1.45 bits per heavy atom. The zero-order valence-electron chi connectivity index (χ0n) is 7.56. The monoisotopic (exact) mass is 150 g/mol. The quantitative estimate of drug-likeness (QED) is 0.598. The van der Waals surface area contributed by atoms with E-state index in [1.54, 1.807) is 0 Å². The Kier molecular flexibility index (Phi) is 2.18. The van der Waals surface area contributed by atoms with Gasteiger partial charge in [0.25, 0.3) is 0 Å². The van der Waals surface area contributed by atoms with Gasteiger partial charge in [0.2, 0.25) is 0 Å². The van der Waals surface area contributed by atoms with E-state index >= 15 is 0 Å². The molecule has 0 radical (unpaired) electrons. The van der Waals surface area contributed by atoms with E-state index in [-0.39, 0.29) is 0 Å². The molecule has 0 aliphatic heterocycles. The van der Waals surface area contributed by atoms with Gasteiger partial charge >= 0.3 is 0 Å². The van der Waals surface area contributed by atoms with Crippen LogP contribution in [0.4, 0.5) is 0 Å². The first-order valence-electron chi connectivity index (χ1n) is 3.85. The lowest BCUT2D eigenvalue weighted by Crippen LogP contribution is -1.76. The summed E-state index contributed by atoms with van der Waals surface area (Å²) in [7, 11) is 0. The smallest absolute Gasteiger partial charge is 0.108 e. The first-order valence-corrected chi connectivity index (χ1v) is 3.85. The first-order chi connectivity index (χ1) is 5.15. The zero-order valence-corrected chi connectivity index (χ0v) is 7.56. The summed E-state index contributed by atoms with van der Waals surface area (Å²) in [5, 5.41) is 0. The molecular formula is C10H14O. The maximum Gasteiger partial charge on any atom is 0.108 e. The largest absolute Gasteiger partial charge is 0.466 e. The molecule has 0 saturated heterocycles. The summed E-state index contributed by atoms with van der Waals surface area (Å²) in [5.41, 5.74) is 2.50. The van der Waals surface area contributed by atoms with Gasteiger partial charge in [0.1, 0.15) is 11.5 Å². The lowest BCUT2D eigenvalue weighted by molar-refractivity contribution is 0.504. The molecule has 0 aliphatic carbocycles. The summed E-state index contributed by atoms with van der Waals surface area (Å²) in [6.45, 7) is 8.10. The Hall–Kier alpha value is -0.980. The van der Waals surface area contributed by atoms with E-state index in [0.717, 1.165) is 11.5 Å². The second kappa shape index (κ2) is 2.95. The minimum absolute atomic E-state index is 0.985. The first kappa shape index (κ1) is 8.12. The van der Waals surface area contributed by atoms with Crippen LogP contribution in [-0.2, 0) is 0 Å². The van der Waals surface area contributed by atoms with Crippen molar-refractivity contribution in [3.63, 3.8) is 0 Å². The Bertz CT molecular complexity index is 279. The molecule has 1 aromatic rings. The Morgan fingerprint density at radius 2 is 2.09 bits per heavy atom. The predicted molar refractivity (Wildman–Crippen MR) is 47.5 cm³/mol. The van der Waals surface area contributed by atoms with E-state index in [9.17, 15) is 0 Å². The van der Waals surface area contributed by atoms with Crippen molar-refractivity contribution < 1.29 is 4.42 Å². The van der Waals surface area contributed by atoms with Crippen LogP contribution in [0.25, 0.3) is 5.57 Å². The fraction of sp³-hybridized carbons (Fsp3) is 0.400. The van der Waals surface area contributed by atoms with Crippen LogP contribution in [0.1, 0.15) is 30.9 Å². The Balaban J connectivity index is 3.13. The summed E-state index contributed by atoms with van der Waals surface area (Å²) in [6, 6.07) is 2.07. The van der Waals surface area contributed by atoms with Crippen LogP contribution >= 0.6 is 0 Å². The molecule has 1 aromatic heterocycles. The van der Waals surface area contributed by atoms with Gasteiger partial charge in [0.15, 0.2) is 0 Å². The van der Waals surface area contributed by atoms with Gasteiger partial charge in [-0.05, 0) is 39.3 Å². The summed E-state index contributed by atoms with van der Waals surface area (Å²) >= 11 is 0. The standard InChI is InChI=1S/C10H14O/c1-5-7(2)10-6-8(3)11-9(10)4/h5-6H,1-4H3/b7-5-. The molecule has 1 rings (SSSR count). The van der Waals surface area contributed by atoms with E-state index in [1.165, 1.54) is 11.1 Å². The molecule has 0 atom stereocenters. The molecule has 60 valence electrons. The molecule has 11 heavy (non-hydrogen) atoms. The highest BCUT2D eigenvalue weighted by atomic mass is 16.3. The van der Waals surface area contributed by atoms with Crippen molar-refractivity contribution in [1.82, 2.24) is 0 Å². The molecule has 1 heteroatoms. The third kappa shape index (κ3) is 1.53. The van der Waals surface area contributed by atoms with Crippen LogP contribution in [0.15, 0.2) is 16.6 Å². The number of allylic oxidation sites excluding steroid dienone is 2. The highest BCUT2D eigenvalue weighted by Crippen LogP contribution is 2.21. The van der Waals surface area contributed by atoms with Crippen molar-refractivity contribution in [2.24, 2.45) is 0 Å². The van der Waals surface area contributed by atoms with E-state index < -0.39 is 0 Å². The van der Waals surface area contributed by atoms with Crippen LogP contribution in [0.3, 0.4) is 0 Å². The summed E-state index contributed by atoms with van der Waals surface area (Å²) in [4.78, 5) is 0. The molecule has 0 spiro atoms. The number of rotatable bonds is 1. The second-order valence-electron chi connectivity index (χ2n) is 2.80. The minimum Gasteiger partial charge on any atom is -0.466 e. The van der Waals surface area contributed by atoms with Crippen LogP contribution in [0.5, 0.6) is 0 Å². The molecule has 0 bridgehead atoms. The fourth-order valence-corrected chi connectivity index (χ4v) is 1.18. The molecule has 0 aliphatic rings. The topological polar surface area (TPSA) is 13.1 Å². The molecule has 0 saturated carbocycles. The van der Waals surface area contributed by atoms with Crippen molar-refractivity contribution in [1.29, 1.82) is 0 Å². The van der Waals surface area contributed by atoms with Crippen LogP contribution in [-0.4, -0.2) is 0 Å². The third-order valence-corrected chi connectivity index (χ3v) is 1.90. The lowest BCUT2D eigenvalue weighted by Gasteiger charge is -1.94. The summed E-state index contributed by atoms with van der Waals surface area (Å²) in [6.07, 6.45) is 2.09. The van der Waals surface area contributed by atoms with E-state index in [1.807, 2.05) is 20.8 Å². The van der Waals surface area contributed by atoms with Gasteiger partial charge in [-0.15, -0.1) is 0 Å². The highest BCUT2D eigenvalue weighted by molar-refractivity contribution is 5.65. The number of aryl methyl sites for hydroxylation is 2. The molecular weight excluding hydrogens is 136 g/mol. The predicted octanol–water partition coefficient (Wildman–Crippen LogP) is 3.32. The van der Waals surface area contributed by atoms with Gasteiger partial charge in [-0.2, -0.15) is 0 Å². The van der Waals surface area contributed by atoms with Gasteiger partial charge in [-0.1, -0.05) is 6.08 Å². The Labute approximate surface area is 67.7 Å². The average Bonchev–Trinajstić information content (AvgIpc) is 2.28. The number of hydrogen-bond donors (Lipinski definition) is 0. The van der Waals surface area contributed by atoms with E-state index in [0.29, 0.717) is 0 Å². The van der Waals surface area contributed by atoms with Crippen LogP contribution in [0, 0.1) is 13.8 Å². The molecule has 0 fully saturated rings. The summed E-state index contributed by atoms with van der Waals surface area (Å²) in [5.74, 6) is 2.00. The van der Waals surface area contributed by atoms with Gasteiger partial charge in [-0.3, -0.25) is 0 Å². The minimum atomic E-state index is 0.985. The maximum absolute atomic E-state index is 5.40. The molecule has 1 heterocycles. The van der Waals surface area contributed by atoms with E-state index in [2.05, 4.69) is 19.1 Å². The fourth-order valence-electron chi connectivity index (χ4n) is 1.18. The normalized spacial score (nSPS) is 12.2. The molecule has 0 aromatic carbocycles. The van der Waals surface area contributed by atoms with Gasteiger partial charge in [0.05, 0.1) is 0 Å². The third-order valence-electron chi connectivity index (χ3n) is 1.90. The van der Waals surface area contributed by atoms with Crippen molar-refractivity contribution >= 4 is 5.57 Å². The Morgan fingerprint density at radius 3 is 2.45 bits per heavy atom. The SMILES string of the molecule is C/C=C(/C)c1cc(C)oc1C. The van der Waals surface area contributed by atoms with Crippen molar-refractivity contribution in [3.8, 4) is 0 Å². The van der Waals surface area contributed by atoms with Crippen molar-refractivity contribution in [2.45, 2.75) is 27.7 Å². The van der Waals surface area contributed by atoms with Crippen molar-refractivity contribution in [3.05, 3.63) is 29.2 Å². The average molecular weight is 150 g/mol. The number of furan rings is 1. The molecule has 0 N–H and O–H groups in total. The highest BCUT2D eigenvalue weighted by Gasteiger charge is 2.04. The zero-order chi connectivity index (χ0) is 8.43.